The number of aromatic nitrogens is 3. The van der Waals surface area contributed by atoms with E-state index in [1.54, 1.807) is 0 Å². The molecule has 0 fully saturated rings. The van der Waals surface area contributed by atoms with Crippen LogP contribution in [0.2, 0.25) is 0 Å². The van der Waals surface area contributed by atoms with Crippen LogP contribution in [-0.4, -0.2) is 14.6 Å². The van der Waals surface area contributed by atoms with Crippen LogP contribution in [0.3, 0.4) is 0 Å². The van der Waals surface area contributed by atoms with Crippen LogP contribution in [0.4, 0.5) is 0 Å². The van der Waals surface area contributed by atoms with Crippen molar-refractivity contribution < 1.29 is 0 Å². The molecule has 0 radical (unpaired) electrons. The van der Waals surface area contributed by atoms with E-state index in [-0.39, 0.29) is 0 Å². The average Bonchev–Trinajstić information content (AvgIpc) is 2.92. The summed E-state index contributed by atoms with van der Waals surface area (Å²) in [5.74, 6) is 0.765. The maximum atomic E-state index is 4.69. The summed E-state index contributed by atoms with van der Waals surface area (Å²) >= 11 is 0. The molecular weight excluding hydrogens is 246 g/mol. The summed E-state index contributed by atoms with van der Waals surface area (Å²) in [4.78, 5) is 4.69. The lowest BCUT2D eigenvalue weighted by molar-refractivity contribution is 0.971. The van der Waals surface area contributed by atoms with Crippen molar-refractivity contribution in [2.24, 2.45) is 0 Å². The number of rotatable bonds is 1. The van der Waals surface area contributed by atoms with Gasteiger partial charge in [-0.15, -0.1) is 5.10 Å². The molecule has 0 aliphatic rings. The molecule has 2 aromatic heterocycles. The van der Waals surface area contributed by atoms with E-state index in [1.165, 1.54) is 10.9 Å². The molecule has 0 N–H and O–H groups in total. The van der Waals surface area contributed by atoms with E-state index < -0.39 is 0 Å². The van der Waals surface area contributed by atoms with Crippen molar-refractivity contribution >= 4 is 16.4 Å². The first-order valence-electron chi connectivity index (χ1n) is 6.62. The third-order valence-electron chi connectivity index (χ3n) is 3.54. The summed E-state index contributed by atoms with van der Waals surface area (Å²) in [5.41, 5.74) is 3.19. The molecule has 0 aliphatic heterocycles. The number of pyridine rings is 1. The summed E-state index contributed by atoms with van der Waals surface area (Å²) in [6.45, 7) is 2.08. The van der Waals surface area contributed by atoms with Gasteiger partial charge >= 0.3 is 0 Å². The summed E-state index contributed by atoms with van der Waals surface area (Å²) in [7, 11) is 0. The first-order chi connectivity index (χ1) is 9.81. The van der Waals surface area contributed by atoms with Gasteiger partial charge in [0.05, 0.1) is 0 Å². The molecule has 0 aliphatic carbocycles. The molecule has 0 atom stereocenters. The van der Waals surface area contributed by atoms with Crippen LogP contribution in [0.25, 0.3) is 27.8 Å². The van der Waals surface area contributed by atoms with E-state index in [2.05, 4.69) is 54.5 Å². The minimum absolute atomic E-state index is 0.765. The summed E-state index contributed by atoms with van der Waals surface area (Å²) < 4.78 is 1.84. The van der Waals surface area contributed by atoms with Crippen molar-refractivity contribution in [3.8, 4) is 11.4 Å². The zero-order valence-electron chi connectivity index (χ0n) is 11.1. The molecule has 3 nitrogen and oxygen atoms in total. The summed E-state index contributed by atoms with van der Waals surface area (Å²) in [6, 6.07) is 18.6. The molecule has 4 aromatic rings. The Morgan fingerprint density at radius 2 is 1.70 bits per heavy atom. The lowest BCUT2D eigenvalue weighted by atomic mass is 10.1. The fraction of sp³-hybridized carbons (Fsp3) is 0.0588. The fourth-order valence-corrected chi connectivity index (χ4v) is 2.43. The molecule has 2 aromatic carbocycles. The highest BCUT2D eigenvalue weighted by Crippen LogP contribution is 2.22. The third-order valence-corrected chi connectivity index (χ3v) is 3.54. The summed E-state index contributed by atoms with van der Waals surface area (Å²) in [6.07, 6.45) is 1.96. The van der Waals surface area contributed by atoms with Gasteiger partial charge < -0.3 is 0 Å². The maximum absolute atomic E-state index is 4.69. The van der Waals surface area contributed by atoms with E-state index in [0.717, 1.165) is 22.4 Å². The Bertz CT molecular complexity index is 904. The van der Waals surface area contributed by atoms with E-state index in [4.69, 9.17) is 4.98 Å². The van der Waals surface area contributed by atoms with Crippen molar-refractivity contribution in [1.82, 2.24) is 14.6 Å². The van der Waals surface area contributed by atoms with Crippen LogP contribution < -0.4 is 0 Å². The van der Waals surface area contributed by atoms with Crippen LogP contribution in [0.15, 0.2) is 60.8 Å². The molecule has 2 heterocycles. The third kappa shape index (κ3) is 1.67. The van der Waals surface area contributed by atoms with Gasteiger partial charge in [-0.25, -0.2) is 9.50 Å². The molecular formula is C17H13N3. The van der Waals surface area contributed by atoms with Gasteiger partial charge in [-0.2, -0.15) is 0 Å². The Morgan fingerprint density at radius 1 is 0.900 bits per heavy atom. The Morgan fingerprint density at radius 3 is 2.55 bits per heavy atom. The number of hydrogen-bond donors (Lipinski definition) is 0. The van der Waals surface area contributed by atoms with Gasteiger partial charge in [0.25, 0.3) is 0 Å². The monoisotopic (exact) mass is 259 g/mol. The molecule has 0 saturated heterocycles. The first-order valence-corrected chi connectivity index (χ1v) is 6.62. The maximum Gasteiger partial charge on any atom is 0.182 e. The Kier molecular flexibility index (Phi) is 2.33. The van der Waals surface area contributed by atoms with Gasteiger partial charge in [-0.3, -0.25) is 0 Å². The predicted octanol–water partition coefficient (Wildman–Crippen LogP) is 3.86. The Hall–Kier alpha value is -2.68. The quantitative estimate of drug-likeness (QED) is 0.519. The lowest BCUT2D eigenvalue weighted by Crippen LogP contribution is -1.87. The second-order valence-corrected chi connectivity index (χ2v) is 4.97. The molecule has 0 unspecified atom stereocenters. The number of hydrogen-bond acceptors (Lipinski definition) is 2. The highest BCUT2D eigenvalue weighted by molar-refractivity contribution is 5.94. The molecule has 0 bridgehead atoms. The molecule has 20 heavy (non-hydrogen) atoms. The zero-order chi connectivity index (χ0) is 13.5. The van der Waals surface area contributed by atoms with Gasteiger partial charge in [0.2, 0.25) is 0 Å². The van der Waals surface area contributed by atoms with Crippen molar-refractivity contribution in [1.29, 1.82) is 0 Å². The largest absolute Gasteiger partial charge is 0.220 e. The second kappa shape index (κ2) is 4.17. The predicted molar refractivity (Wildman–Crippen MR) is 80.7 cm³/mol. The van der Waals surface area contributed by atoms with E-state index in [1.807, 2.05) is 22.8 Å². The van der Waals surface area contributed by atoms with Crippen molar-refractivity contribution in [2.75, 3.05) is 0 Å². The number of fused-ring (bicyclic) bond motifs is 3. The van der Waals surface area contributed by atoms with Crippen molar-refractivity contribution in [3.63, 3.8) is 0 Å². The first kappa shape index (κ1) is 11.2. The molecule has 96 valence electrons. The van der Waals surface area contributed by atoms with Crippen molar-refractivity contribution in [3.05, 3.63) is 66.4 Å². The van der Waals surface area contributed by atoms with Gasteiger partial charge in [0.15, 0.2) is 11.5 Å². The topological polar surface area (TPSA) is 30.2 Å². The van der Waals surface area contributed by atoms with Gasteiger partial charge in [0, 0.05) is 17.1 Å². The lowest BCUT2D eigenvalue weighted by Gasteiger charge is -1.97. The van der Waals surface area contributed by atoms with Gasteiger partial charge in [0.1, 0.15) is 0 Å². The minimum Gasteiger partial charge on any atom is -0.220 e. The summed E-state index contributed by atoms with van der Waals surface area (Å²) in [5, 5.41) is 6.88. The fourth-order valence-electron chi connectivity index (χ4n) is 2.43. The van der Waals surface area contributed by atoms with E-state index in [0.29, 0.717) is 0 Å². The molecule has 4 rings (SSSR count). The molecule has 0 saturated carbocycles. The van der Waals surface area contributed by atoms with E-state index >= 15 is 0 Å². The van der Waals surface area contributed by atoms with Crippen LogP contribution in [0.1, 0.15) is 5.56 Å². The minimum atomic E-state index is 0.765. The van der Waals surface area contributed by atoms with Gasteiger partial charge in [-0.1, -0.05) is 54.1 Å². The van der Waals surface area contributed by atoms with E-state index in [9.17, 15) is 0 Å². The average molecular weight is 259 g/mol. The molecule has 0 spiro atoms. The second-order valence-electron chi connectivity index (χ2n) is 4.97. The Labute approximate surface area is 116 Å². The molecule has 0 amide bonds. The number of aryl methyl sites for hydroxylation is 1. The number of benzene rings is 2. The normalized spacial score (nSPS) is 11.2. The zero-order valence-corrected chi connectivity index (χ0v) is 11.1. The SMILES string of the molecule is Cc1ccc(-c2nc3c4ccccc4ccn3n2)cc1. The Balaban J connectivity index is 1.98. The smallest absolute Gasteiger partial charge is 0.182 e. The highest BCUT2D eigenvalue weighted by Gasteiger charge is 2.08. The van der Waals surface area contributed by atoms with Crippen LogP contribution in [-0.2, 0) is 0 Å². The van der Waals surface area contributed by atoms with Crippen molar-refractivity contribution in [2.45, 2.75) is 6.92 Å². The standard InChI is InChI=1S/C17H13N3/c1-12-6-8-14(9-7-12)16-18-17-15-5-3-2-4-13(15)10-11-20(17)19-16/h2-11H,1H3. The van der Waals surface area contributed by atoms with Crippen LogP contribution >= 0.6 is 0 Å². The highest BCUT2D eigenvalue weighted by atomic mass is 15.3. The molecule has 3 heteroatoms. The van der Waals surface area contributed by atoms with Gasteiger partial charge in [-0.05, 0) is 18.4 Å². The number of nitrogens with zero attached hydrogens (tertiary/aromatic N) is 3. The van der Waals surface area contributed by atoms with Crippen LogP contribution in [0.5, 0.6) is 0 Å². The van der Waals surface area contributed by atoms with Crippen LogP contribution in [0, 0.1) is 6.92 Å².